The summed E-state index contributed by atoms with van der Waals surface area (Å²) >= 11 is 0. The Labute approximate surface area is 134 Å². The molecule has 2 aromatic rings. The summed E-state index contributed by atoms with van der Waals surface area (Å²) in [5.74, 6) is 1.19. The third-order valence-corrected chi connectivity index (χ3v) is 4.22. The standard InChI is InChI=1S/C16H20N4O3/c21-13-9-22-10-14(13)23-15-11-3-1-2-4-12(11)18-16(19-15)20-7-5-17-6-8-20/h1-4,13-14,17,21H,5-10H2/t13-,14-/m1/s1. The average molecular weight is 316 g/mol. The number of rotatable bonds is 3. The van der Waals surface area contributed by atoms with E-state index < -0.39 is 6.10 Å². The van der Waals surface area contributed by atoms with E-state index in [1.165, 1.54) is 0 Å². The Hall–Kier alpha value is -1.96. The van der Waals surface area contributed by atoms with Crippen molar-refractivity contribution in [3.63, 3.8) is 0 Å². The Bertz CT molecular complexity index is 690. The molecule has 7 heteroatoms. The highest BCUT2D eigenvalue weighted by Gasteiger charge is 2.29. The second-order valence-corrected chi connectivity index (χ2v) is 5.84. The van der Waals surface area contributed by atoms with E-state index in [1.54, 1.807) is 0 Å². The first-order valence-electron chi connectivity index (χ1n) is 7.96. The van der Waals surface area contributed by atoms with Crippen molar-refractivity contribution in [1.82, 2.24) is 15.3 Å². The van der Waals surface area contributed by atoms with Gasteiger partial charge in [0.1, 0.15) is 6.10 Å². The van der Waals surface area contributed by atoms with Crippen molar-refractivity contribution >= 4 is 16.9 Å². The van der Waals surface area contributed by atoms with Gasteiger partial charge in [0, 0.05) is 26.2 Å². The molecule has 0 amide bonds. The van der Waals surface area contributed by atoms with Crippen LogP contribution in [0.15, 0.2) is 24.3 Å². The van der Waals surface area contributed by atoms with Gasteiger partial charge in [0.05, 0.1) is 24.1 Å². The fourth-order valence-electron chi connectivity index (χ4n) is 2.91. The molecule has 0 saturated carbocycles. The maximum atomic E-state index is 9.93. The number of benzene rings is 1. The number of fused-ring (bicyclic) bond motifs is 1. The summed E-state index contributed by atoms with van der Waals surface area (Å²) < 4.78 is 11.2. The first-order chi connectivity index (χ1) is 11.3. The van der Waals surface area contributed by atoms with E-state index in [9.17, 15) is 5.11 Å². The van der Waals surface area contributed by atoms with Gasteiger partial charge in [-0.05, 0) is 12.1 Å². The SMILES string of the molecule is O[C@@H]1COC[C@H]1Oc1nc(N2CCNCC2)nc2ccccc12. The van der Waals surface area contributed by atoms with E-state index in [4.69, 9.17) is 9.47 Å². The maximum absolute atomic E-state index is 9.93. The molecule has 2 N–H and O–H groups in total. The van der Waals surface area contributed by atoms with E-state index in [-0.39, 0.29) is 6.10 Å². The molecule has 0 radical (unpaired) electrons. The monoisotopic (exact) mass is 316 g/mol. The second-order valence-electron chi connectivity index (χ2n) is 5.84. The van der Waals surface area contributed by atoms with Crippen molar-refractivity contribution < 1.29 is 14.6 Å². The Morgan fingerprint density at radius 2 is 2.00 bits per heavy atom. The predicted molar refractivity (Wildman–Crippen MR) is 85.9 cm³/mol. The minimum atomic E-state index is -0.619. The van der Waals surface area contributed by atoms with Crippen LogP contribution >= 0.6 is 0 Å². The molecule has 2 fully saturated rings. The lowest BCUT2D eigenvalue weighted by Gasteiger charge is -2.28. The molecule has 0 spiro atoms. The molecule has 23 heavy (non-hydrogen) atoms. The smallest absolute Gasteiger partial charge is 0.229 e. The van der Waals surface area contributed by atoms with Crippen LogP contribution in [0.4, 0.5) is 5.95 Å². The zero-order valence-corrected chi connectivity index (χ0v) is 12.8. The largest absolute Gasteiger partial charge is 0.468 e. The third-order valence-electron chi connectivity index (χ3n) is 4.22. The number of nitrogens with one attached hydrogen (secondary N) is 1. The molecule has 122 valence electrons. The van der Waals surface area contributed by atoms with Crippen LogP contribution in [0.3, 0.4) is 0 Å². The molecule has 1 aromatic carbocycles. The Morgan fingerprint density at radius 1 is 1.17 bits per heavy atom. The van der Waals surface area contributed by atoms with Crippen LogP contribution in [-0.2, 0) is 4.74 Å². The lowest BCUT2D eigenvalue weighted by Crippen LogP contribution is -2.44. The van der Waals surface area contributed by atoms with Gasteiger partial charge in [0.25, 0.3) is 0 Å². The van der Waals surface area contributed by atoms with Gasteiger partial charge in [0.2, 0.25) is 11.8 Å². The molecule has 2 aliphatic rings. The summed E-state index contributed by atoms with van der Waals surface area (Å²) in [6.45, 7) is 4.25. The van der Waals surface area contributed by atoms with Crippen LogP contribution < -0.4 is 15.0 Å². The molecule has 2 saturated heterocycles. The summed E-state index contributed by atoms with van der Waals surface area (Å²) in [7, 11) is 0. The number of nitrogens with zero attached hydrogens (tertiary/aromatic N) is 3. The Morgan fingerprint density at radius 3 is 2.78 bits per heavy atom. The zero-order chi connectivity index (χ0) is 15.6. The summed E-state index contributed by atoms with van der Waals surface area (Å²) in [6.07, 6.45) is -1.00. The summed E-state index contributed by atoms with van der Waals surface area (Å²) in [5, 5.41) is 14.1. The van der Waals surface area contributed by atoms with Gasteiger partial charge in [-0.3, -0.25) is 0 Å². The highest BCUT2D eigenvalue weighted by molar-refractivity contribution is 5.84. The van der Waals surface area contributed by atoms with E-state index in [2.05, 4.69) is 20.2 Å². The first kappa shape index (κ1) is 14.6. The molecule has 0 aliphatic carbocycles. The number of piperazine rings is 1. The van der Waals surface area contributed by atoms with Crippen molar-refractivity contribution in [3.05, 3.63) is 24.3 Å². The van der Waals surface area contributed by atoms with Crippen LogP contribution in [-0.4, -0.2) is 66.7 Å². The van der Waals surface area contributed by atoms with Crippen LogP contribution in [0.2, 0.25) is 0 Å². The summed E-state index contributed by atoms with van der Waals surface area (Å²) in [5.41, 5.74) is 0.847. The Balaban J connectivity index is 1.71. The topological polar surface area (TPSA) is 79.7 Å². The number of aromatic nitrogens is 2. The Kier molecular flexibility index (Phi) is 3.99. The van der Waals surface area contributed by atoms with E-state index in [0.717, 1.165) is 37.1 Å². The molecule has 2 aliphatic heterocycles. The normalized spacial score (nSPS) is 25.0. The molecular formula is C16H20N4O3. The molecule has 0 unspecified atom stereocenters. The quantitative estimate of drug-likeness (QED) is 0.836. The first-order valence-corrected chi connectivity index (χ1v) is 7.96. The number of aliphatic hydroxyl groups excluding tert-OH is 1. The minimum absolute atomic E-state index is 0.304. The number of para-hydroxylation sites is 1. The number of hydrogen-bond acceptors (Lipinski definition) is 7. The number of hydrogen-bond donors (Lipinski definition) is 2. The number of ether oxygens (including phenoxy) is 2. The zero-order valence-electron chi connectivity index (χ0n) is 12.8. The van der Waals surface area contributed by atoms with Crippen LogP contribution in [0.1, 0.15) is 0 Å². The summed E-state index contributed by atoms with van der Waals surface area (Å²) in [4.78, 5) is 11.4. The van der Waals surface area contributed by atoms with Crippen LogP contribution in [0.25, 0.3) is 10.9 Å². The lowest BCUT2D eigenvalue weighted by molar-refractivity contribution is 0.0715. The number of aliphatic hydroxyl groups is 1. The van der Waals surface area contributed by atoms with Gasteiger partial charge in [-0.25, -0.2) is 4.98 Å². The van der Waals surface area contributed by atoms with E-state index >= 15 is 0 Å². The van der Waals surface area contributed by atoms with Crippen LogP contribution in [0.5, 0.6) is 5.88 Å². The molecule has 4 rings (SSSR count). The second kappa shape index (κ2) is 6.27. The molecule has 7 nitrogen and oxygen atoms in total. The van der Waals surface area contributed by atoms with Gasteiger partial charge in [-0.15, -0.1) is 0 Å². The fraction of sp³-hybridized carbons (Fsp3) is 0.500. The fourth-order valence-corrected chi connectivity index (χ4v) is 2.91. The van der Waals surface area contributed by atoms with Crippen molar-refractivity contribution in [1.29, 1.82) is 0 Å². The maximum Gasteiger partial charge on any atom is 0.229 e. The highest BCUT2D eigenvalue weighted by Crippen LogP contribution is 2.27. The number of anilines is 1. The lowest BCUT2D eigenvalue weighted by atomic mass is 10.2. The summed E-state index contributed by atoms with van der Waals surface area (Å²) in [6, 6.07) is 7.78. The molecule has 3 heterocycles. The van der Waals surface area contributed by atoms with E-state index in [0.29, 0.717) is 25.0 Å². The molecule has 1 aromatic heterocycles. The molecular weight excluding hydrogens is 296 g/mol. The van der Waals surface area contributed by atoms with E-state index in [1.807, 2.05) is 24.3 Å². The van der Waals surface area contributed by atoms with Gasteiger partial charge in [0.15, 0.2) is 6.10 Å². The van der Waals surface area contributed by atoms with Gasteiger partial charge in [-0.2, -0.15) is 4.98 Å². The van der Waals surface area contributed by atoms with Crippen LogP contribution in [0, 0.1) is 0 Å². The van der Waals surface area contributed by atoms with Crippen molar-refractivity contribution in [2.75, 3.05) is 44.3 Å². The van der Waals surface area contributed by atoms with Crippen molar-refractivity contribution in [2.24, 2.45) is 0 Å². The third kappa shape index (κ3) is 2.95. The highest BCUT2D eigenvalue weighted by atomic mass is 16.6. The van der Waals surface area contributed by atoms with Gasteiger partial charge < -0.3 is 24.8 Å². The molecule has 2 atom stereocenters. The molecule has 0 bridgehead atoms. The predicted octanol–water partition coefficient (Wildman–Crippen LogP) is 0.178. The van der Waals surface area contributed by atoms with Crippen molar-refractivity contribution in [2.45, 2.75) is 12.2 Å². The van der Waals surface area contributed by atoms with Crippen molar-refractivity contribution in [3.8, 4) is 5.88 Å². The van der Waals surface area contributed by atoms with Gasteiger partial charge >= 0.3 is 0 Å². The minimum Gasteiger partial charge on any atom is -0.468 e. The van der Waals surface area contributed by atoms with Gasteiger partial charge in [-0.1, -0.05) is 12.1 Å². The average Bonchev–Trinajstić information content (AvgIpc) is 3.00.